The van der Waals surface area contributed by atoms with Crippen molar-refractivity contribution < 1.29 is 22.8 Å². The predicted molar refractivity (Wildman–Crippen MR) is 62.6 cm³/mol. The SMILES string of the molecule is CC(C)(CC(=O)O)Cc1nc(CS(C)(=O)=O)no1. The van der Waals surface area contributed by atoms with E-state index in [1.165, 1.54) is 0 Å². The summed E-state index contributed by atoms with van der Waals surface area (Å²) in [5.41, 5.74) is -0.527. The van der Waals surface area contributed by atoms with Crippen molar-refractivity contribution in [3.8, 4) is 0 Å². The number of hydrogen-bond donors (Lipinski definition) is 1. The summed E-state index contributed by atoms with van der Waals surface area (Å²) in [7, 11) is -3.21. The van der Waals surface area contributed by atoms with Crippen LogP contribution in [0.3, 0.4) is 0 Å². The fourth-order valence-electron chi connectivity index (χ4n) is 1.54. The van der Waals surface area contributed by atoms with Crippen molar-refractivity contribution >= 4 is 15.8 Å². The van der Waals surface area contributed by atoms with E-state index in [0.717, 1.165) is 6.26 Å². The highest BCUT2D eigenvalue weighted by Crippen LogP contribution is 2.25. The van der Waals surface area contributed by atoms with Crippen molar-refractivity contribution in [1.82, 2.24) is 10.1 Å². The van der Waals surface area contributed by atoms with Crippen LogP contribution in [-0.4, -0.2) is 35.9 Å². The Labute approximate surface area is 105 Å². The lowest BCUT2D eigenvalue weighted by atomic mass is 9.86. The van der Waals surface area contributed by atoms with Crippen LogP contribution in [0.4, 0.5) is 0 Å². The van der Waals surface area contributed by atoms with E-state index in [4.69, 9.17) is 9.63 Å². The zero-order valence-electron chi connectivity index (χ0n) is 10.5. The van der Waals surface area contributed by atoms with Gasteiger partial charge >= 0.3 is 5.97 Å². The fourth-order valence-corrected chi connectivity index (χ4v) is 2.12. The van der Waals surface area contributed by atoms with Gasteiger partial charge in [0, 0.05) is 12.7 Å². The van der Waals surface area contributed by atoms with Crippen molar-refractivity contribution in [2.75, 3.05) is 6.26 Å². The topological polar surface area (TPSA) is 110 Å². The minimum absolute atomic E-state index is 0.0310. The number of rotatable bonds is 6. The first-order valence-corrected chi connectivity index (χ1v) is 7.34. The molecule has 0 saturated carbocycles. The molecule has 1 aromatic heterocycles. The molecule has 1 aromatic rings. The number of carbonyl (C=O) groups is 1. The third-order valence-corrected chi connectivity index (χ3v) is 2.94. The van der Waals surface area contributed by atoms with Crippen LogP contribution in [0.1, 0.15) is 32.0 Å². The minimum atomic E-state index is -3.21. The Balaban J connectivity index is 2.72. The molecule has 102 valence electrons. The Kier molecular flexibility index (Phi) is 4.10. The zero-order valence-corrected chi connectivity index (χ0v) is 11.3. The second-order valence-corrected chi connectivity index (χ2v) is 7.23. The molecular formula is C10H16N2O5S. The first-order valence-electron chi connectivity index (χ1n) is 5.28. The molecule has 0 aliphatic heterocycles. The molecule has 7 nitrogen and oxygen atoms in total. The highest BCUT2D eigenvalue weighted by atomic mass is 32.2. The fraction of sp³-hybridized carbons (Fsp3) is 0.700. The minimum Gasteiger partial charge on any atom is -0.481 e. The lowest BCUT2D eigenvalue weighted by Gasteiger charge is -2.19. The molecule has 0 aromatic carbocycles. The summed E-state index contributed by atoms with van der Waals surface area (Å²) in [5, 5.41) is 12.3. The average molecular weight is 276 g/mol. The van der Waals surface area contributed by atoms with Gasteiger partial charge in [0.25, 0.3) is 0 Å². The van der Waals surface area contributed by atoms with Gasteiger partial charge in [-0.25, -0.2) is 8.42 Å². The van der Waals surface area contributed by atoms with E-state index < -0.39 is 21.2 Å². The maximum Gasteiger partial charge on any atom is 0.303 e. The Morgan fingerprint density at radius 3 is 2.56 bits per heavy atom. The van der Waals surface area contributed by atoms with E-state index in [-0.39, 0.29) is 30.3 Å². The molecule has 0 spiro atoms. The van der Waals surface area contributed by atoms with E-state index in [0.29, 0.717) is 0 Å². The Morgan fingerprint density at radius 2 is 2.06 bits per heavy atom. The molecule has 0 amide bonds. The summed E-state index contributed by atoms with van der Waals surface area (Å²) in [6, 6.07) is 0. The Morgan fingerprint density at radius 1 is 1.44 bits per heavy atom. The van der Waals surface area contributed by atoms with Gasteiger partial charge in [-0.2, -0.15) is 4.98 Å². The van der Waals surface area contributed by atoms with Crippen LogP contribution < -0.4 is 0 Å². The van der Waals surface area contributed by atoms with Gasteiger partial charge in [-0.3, -0.25) is 4.79 Å². The van der Waals surface area contributed by atoms with E-state index in [2.05, 4.69) is 10.1 Å². The molecule has 0 saturated heterocycles. The van der Waals surface area contributed by atoms with Crippen LogP contribution in [0.2, 0.25) is 0 Å². The molecule has 0 aliphatic rings. The molecule has 0 fully saturated rings. The first-order chi connectivity index (χ1) is 8.07. The van der Waals surface area contributed by atoms with Gasteiger partial charge in [0.05, 0.1) is 6.42 Å². The van der Waals surface area contributed by atoms with Crippen LogP contribution in [0, 0.1) is 5.41 Å². The molecule has 0 aliphatic carbocycles. The number of aliphatic carboxylic acids is 1. The second kappa shape index (κ2) is 5.05. The molecule has 0 atom stereocenters. The van der Waals surface area contributed by atoms with Crippen molar-refractivity contribution in [1.29, 1.82) is 0 Å². The average Bonchev–Trinajstić information content (AvgIpc) is 2.44. The van der Waals surface area contributed by atoms with E-state index in [1.807, 2.05) is 0 Å². The maximum absolute atomic E-state index is 11.0. The van der Waals surface area contributed by atoms with Crippen LogP contribution in [0.25, 0.3) is 0 Å². The van der Waals surface area contributed by atoms with Crippen LogP contribution >= 0.6 is 0 Å². The molecule has 1 rings (SSSR count). The largest absolute Gasteiger partial charge is 0.481 e. The molecule has 18 heavy (non-hydrogen) atoms. The van der Waals surface area contributed by atoms with Gasteiger partial charge in [-0.05, 0) is 5.41 Å². The van der Waals surface area contributed by atoms with E-state index >= 15 is 0 Å². The molecule has 0 radical (unpaired) electrons. The molecular weight excluding hydrogens is 260 g/mol. The lowest BCUT2D eigenvalue weighted by Crippen LogP contribution is -2.19. The number of carboxylic acids is 1. The Hall–Kier alpha value is -1.44. The summed E-state index contributed by atoms with van der Waals surface area (Å²) in [6.45, 7) is 3.53. The normalized spacial score (nSPS) is 12.6. The Bertz CT molecular complexity index is 532. The van der Waals surface area contributed by atoms with Crippen molar-refractivity contribution in [2.24, 2.45) is 5.41 Å². The summed E-state index contributed by atoms with van der Waals surface area (Å²) < 4.78 is 27.0. The molecule has 1 N–H and O–H groups in total. The highest BCUT2D eigenvalue weighted by molar-refractivity contribution is 7.89. The molecule has 0 unspecified atom stereocenters. The van der Waals surface area contributed by atoms with Gasteiger partial charge in [0.15, 0.2) is 15.7 Å². The number of carboxylic acid groups (broad SMARTS) is 1. The third-order valence-electron chi connectivity index (χ3n) is 2.16. The lowest BCUT2D eigenvalue weighted by molar-refractivity contribution is -0.139. The quantitative estimate of drug-likeness (QED) is 0.812. The summed E-state index contributed by atoms with van der Waals surface area (Å²) in [4.78, 5) is 14.6. The maximum atomic E-state index is 11.0. The number of sulfone groups is 1. The second-order valence-electron chi connectivity index (χ2n) is 5.09. The van der Waals surface area contributed by atoms with Crippen LogP contribution in [0.5, 0.6) is 0 Å². The van der Waals surface area contributed by atoms with Crippen molar-refractivity contribution in [3.63, 3.8) is 0 Å². The predicted octanol–water partition coefficient (Wildman–Crippen LogP) is 0.658. The standard InChI is InChI=1S/C10H16N2O5S/c1-10(2,5-9(13)14)4-8-11-7(12-17-8)6-18(3,15)16/h4-6H2,1-3H3,(H,13,14). The molecule has 8 heteroatoms. The third kappa shape index (κ3) is 5.26. The number of aromatic nitrogens is 2. The summed E-state index contributed by atoms with van der Waals surface area (Å²) in [6.07, 6.45) is 1.34. The monoisotopic (exact) mass is 276 g/mol. The molecule has 0 bridgehead atoms. The van der Waals surface area contributed by atoms with Gasteiger partial charge in [0.2, 0.25) is 5.89 Å². The van der Waals surface area contributed by atoms with Gasteiger partial charge in [-0.15, -0.1) is 0 Å². The smallest absolute Gasteiger partial charge is 0.303 e. The summed E-state index contributed by atoms with van der Waals surface area (Å²) in [5.74, 6) is -0.843. The van der Waals surface area contributed by atoms with Crippen molar-refractivity contribution in [3.05, 3.63) is 11.7 Å². The van der Waals surface area contributed by atoms with Gasteiger partial charge in [0.1, 0.15) is 5.75 Å². The highest BCUT2D eigenvalue weighted by Gasteiger charge is 2.25. The van der Waals surface area contributed by atoms with Crippen LogP contribution in [-0.2, 0) is 26.8 Å². The van der Waals surface area contributed by atoms with Gasteiger partial charge < -0.3 is 9.63 Å². The van der Waals surface area contributed by atoms with Gasteiger partial charge in [-0.1, -0.05) is 19.0 Å². The molecule has 1 heterocycles. The number of hydrogen-bond acceptors (Lipinski definition) is 6. The van der Waals surface area contributed by atoms with Crippen LogP contribution in [0.15, 0.2) is 4.52 Å². The summed E-state index contributed by atoms with van der Waals surface area (Å²) >= 11 is 0. The first kappa shape index (κ1) is 14.6. The van der Waals surface area contributed by atoms with Crippen molar-refractivity contribution in [2.45, 2.75) is 32.4 Å². The van der Waals surface area contributed by atoms with E-state index in [9.17, 15) is 13.2 Å². The number of nitrogens with zero attached hydrogens (tertiary/aromatic N) is 2. The van der Waals surface area contributed by atoms with E-state index in [1.54, 1.807) is 13.8 Å². The zero-order chi connectivity index (χ0) is 14.0.